The summed E-state index contributed by atoms with van der Waals surface area (Å²) in [5.74, 6) is -1.49. The van der Waals surface area contributed by atoms with Gasteiger partial charge in [0.05, 0.1) is 5.92 Å². The van der Waals surface area contributed by atoms with E-state index in [4.69, 9.17) is 5.11 Å². The fourth-order valence-corrected chi connectivity index (χ4v) is 2.85. The van der Waals surface area contributed by atoms with Gasteiger partial charge in [0.25, 0.3) is 5.91 Å². The first kappa shape index (κ1) is 14.7. The van der Waals surface area contributed by atoms with E-state index in [0.717, 1.165) is 0 Å². The summed E-state index contributed by atoms with van der Waals surface area (Å²) in [6.07, 6.45) is 2.91. The summed E-state index contributed by atoms with van der Waals surface area (Å²) in [5, 5.41) is 9.03. The molecule has 2 atom stereocenters. The number of aliphatic carboxylic acids is 1. The number of amides is 1. The molecule has 1 amide bonds. The highest BCUT2D eigenvalue weighted by Gasteiger charge is 2.28. The Morgan fingerprint density at radius 1 is 1.30 bits per heavy atom. The van der Waals surface area contributed by atoms with E-state index in [1.165, 1.54) is 0 Å². The standard InChI is InChI=1S/C14H17NO4S/c1-20(19)12-6-4-10(5-7-12)13(16)15-8-2-3-11(9-15)14(17)18/h4-7,11H,2-3,8-9H2,1H3,(H,17,18)/t11-,20+/m0/s1. The molecule has 1 saturated heterocycles. The van der Waals surface area contributed by atoms with Crippen molar-refractivity contribution in [3.8, 4) is 0 Å². The fourth-order valence-electron chi connectivity index (χ4n) is 2.33. The SMILES string of the molecule is C[S@@](=O)c1ccc(C(=O)N2CCC[C@H](C(=O)O)C2)cc1. The van der Waals surface area contributed by atoms with Crippen LogP contribution in [0.4, 0.5) is 0 Å². The fraction of sp³-hybridized carbons (Fsp3) is 0.429. The summed E-state index contributed by atoms with van der Waals surface area (Å²) in [5.41, 5.74) is 0.505. The molecule has 1 aliphatic heterocycles. The van der Waals surface area contributed by atoms with Crippen molar-refractivity contribution < 1.29 is 18.9 Å². The Morgan fingerprint density at radius 2 is 1.95 bits per heavy atom. The van der Waals surface area contributed by atoms with Crippen molar-refractivity contribution >= 4 is 22.7 Å². The Bertz CT molecular complexity index is 541. The van der Waals surface area contributed by atoms with Crippen LogP contribution in [0.25, 0.3) is 0 Å². The molecule has 6 heteroatoms. The Labute approximate surface area is 120 Å². The summed E-state index contributed by atoms with van der Waals surface area (Å²) in [7, 11) is -1.07. The molecule has 0 unspecified atom stereocenters. The highest BCUT2D eigenvalue weighted by Crippen LogP contribution is 2.19. The van der Waals surface area contributed by atoms with E-state index in [-0.39, 0.29) is 12.5 Å². The van der Waals surface area contributed by atoms with E-state index in [9.17, 15) is 13.8 Å². The van der Waals surface area contributed by atoms with Crippen molar-refractivity contribution in [3.05, 3.63) is 29.8 Å². The number of hydrogen-bond acceptors (Lipinski definition) is 3. The second-order valence-electron chi connectivity index (χ2n) is 4.91. The average molecular weight is 295 g/mol. The van der Waals surface area contributed by atoms with Crippen LogP contribution in [0.5, 0.6) is 0 Å². The number of carboxylic acids is 1. The van der Waals surface area contributed by atoms with Gasteiger partial charge in [0.1, 0.15) is 0 Å². The van der Waals surface area contributed by atoms with Crippen molar-refractivity contribution in [1.82, 2.24) is 4.90 Å². The van der Waals surface area contributed by atoms with Gasteiger partial charge in [-0.3, -0.25) is 13.8 Å². The van der Waals surface area contributed by atoms with Crippen LogP contribution in [0.15, 0.2) is 29.2 Å². The Hall–Kier alpha value is -1.69. The monoisotopic (exact) mass is 295 g/mol. The van der Waals surface area contributed by atoms with Crippen LogP contribution < -0.4 is 0 Å². The maximum atomic E-state index is 12.3. The third kappa shape index (κ3) is 3.25. The molecule has 0 aliphatic carbocycles. The summed E-state index contributed by atoms with van der Waals surface area (Å²) in [6.45, 7) is 0.847. The van der Waals surface area contributed by atoms with E-state index < -0.39 is 22.7 Å². The number of benzene rings is 1. The van der Waals surface area contributed by atoms with Crippen molar-refractivity contribution in [3.63, 3.8) is 0 Å². The molecule has 1 aromatic rings. The zero-order valence-electron chi connectivity index (χ0n) is 11.2. The topological polar surface area (TPSA) is 74.7 Å². The first-order chi connectivity index (χ1) is 9.49. The molecule has 108 valence electrons. The largest absolute Gasteiger partial charge is 0.481 e. The quantitative estimate of drug-likeness (QED) is 0.913. The lowest BCUT2D eigenvalue weighted by molar-refractivity contribution is -0.143. The lowest BCUT2D eigenvalue weighted by Crippen LogP contribution is -2.42. The smallest absolute Gasteiger partial charge is 0.308 e. The molecular weight excluding hydrogens is 278 g/mol. The van der Waals surface area contributed by atoms with Crippen LogP contribution in [-0.2, 0) is 15.6 Å². The number of likely N-dealkylation sites (tertiary alicyclic amines) is 1. The van der Waals surface area contributed by atoms with E-state index >= 15 is 0 Å². The van der Waals surface area contributed by atoms with Crippen LogP contribution in [0.2, 0.25) is 0 Å². The molecule has 0 spiro atoms. The minimum absolute atomic E-state index is 0.163. The zero-order chi connectivity index (χ0) is 14.7. The lowest BCUT2D eigenvalue weighted by Gasteiger charge is -2.30. The van der Waals surface area contributed by atoms with Crippen molar-refractivity contribution in [2.45, 2.75) is 17.7 Å². The Balaban J connectivity index is 2.10. The molecule has 1 heterocycles. The Kier molecular flexibility index (Phi) is 4.54. The predicted molar refractivity (Wildman–Crippen MR) is 75.0 cm³/mol. The van der Waals surface area contributed by atoms with Gasteiger partial charge >= 0.3 is 5.97 Å². The van der Waals surface area contributed by atoms with Crippen LogP contribution in [0.3, 0.4) is 0 Å². The number of hydrogen-bond donors (Lipinski definition) is 1. The second-order valence-corrected chi connectivity index (χ2v) is 6.29. The molecule has 5 nitrogen and oxygen atoms in total. The van der Waals surface area contributed by atoms with Crippen LogP contribution in [-0.4, -0.2) is 45.4 Å². The molecule has 1 N–H and O–H groups in total. The summed E-state index contributed by atoms with van der Waals surface area (Å²) in [4.78, 5) is 25.6. The number of carbonyl (C=O) groups is 2. The minimum Gasteiger partial charge on any atom is -0.481 e. The molecule has 0 bridgehead atoms. The summed E-state index contributed by atoms with van der Waals surface area (Å²) < 4.78 is 11.3. The number of rotatable bonds is 3. The van der Waals surface area contributed by atoms with Crippen LogP contribution >= 0.6 is 0 Å². The van der Waals surface area contributed by atoms with Gasteiger partial charge < -0.3 is 10.0 Å². The molecule has 0 aromatic heterocycles. The maximum absolute atomic E-state index is 12.3. The van der Waals surface area contributed by atoms with Gasteiger partial charge in [0.15, 0.2) is 0 Å². The third-order valence-corrected chi connectivity index (χ3v) is 4.43. The molecule has 0 radical (unpaired) electrons. The Morgan fingerprint density at radius 3 is 2.50 bits per heavy atom. The predicted octanol–water partition coefficient (Wildman–Crippen LogP) is 1.36. The molecule has 0 saturated carbocycles. The number of piperidine rings is 1. The molecule has 1 aromatic carbocycles. The zero-order valence-corrected chi connectivity index (χ0v) is 12.1. The maximum Gasteiger partial charge on any atom is 0.308 e. The number of carboxylic acid groups (broad SMARTS) is 1. The van der Waals surface area contributed by atoms with E-state index in [2.05, 4.69) is 0 Å². The van der Waals surface area contributed by atoms with Gasteiger partial charge in [0, 0.05) is 40.6 Å². The average Bonchev–Trinajstić information content (AvgIpc) is 2.46. The number of nitrogens with zero attached hydrogens (tertiary/aromatic N) is 1. The second kappa shape index (κ2) is 6.17. The minimum atomic E-state index is -1.07. The van der Waals surface area contributed by atoms with Crippen molar-refractivity contribution in [1.29, 1.82) is 0 Å². The van der Waals surface area contributed by atoms with E-state index in [0.29, 0.717) is 29.8 Å². The van der Waals surface area contributed by atoms with Crippen molar-refractivity contribution in [2.75, 3.05) is 19.3 Å². The first-order valence-electron chi connectivity index (χ1n) is 6.44. The lowest BCUT2D eigenvalue weighted by atomic mass is 9.97. The molecular formula is C14H17NO4S. The van der Waals surface area contributed by atoms with E-state index in [1.807, 2.05) is 0 Å². The molecule has 1 aliphatic rings. The summed E-state index contributed by atoms with van der Waals surface area (Å²) >= 11 is 0. The highest BCUT2D eigenvalue weighted by atomic mass is 32.2. The van der Waals surface area contributed by atoms with Gasteiger partial charge in [-0.15, -0.1) is 0 Å². The van der Waals surface area contributed by atoms with E-state index in [1.54, 1.807) is 35.4 Å². The summed E-state index contributed by atoms with van der Waals surface area (Å²) in [6, 6.07) is 6.62. The van der Waals surface area contributed by atoms with Gasteiger partial charge in [-0.2, -0.15) is 0 Å². The van der Waals surface area contributed by atoms with Crippen LogP contribution in [0, 0.1) is 5.92 Å². The molecule has 1 fully saturated rings. The van der Waals surface area contributed by atoms with Gasteiger partial charge in [0.2, 0.25) is 0 Å². The highest BCUT2D eigenvalue weighted by molar-refractivity contribution is 7.84. The third-order valence-electron chi connectivity index (χ3n) is 3.49. The van der Waals surface area contributed by atoms with Gasteiger partial charge in [-0.25, -0.2) is 0 Å². The van der Waals surface area contributed by atoms with Gasteiger partial charge in [-0.05, 0) is 37.1 Å². The molecule has 20 heavy (non-hydrogen) atoms. The van der Waals surface area contributed by atoms with Gasteiger partial charge in [-0.1, -0.05) is 0 Å². The number of carbonyl (C=O) groups excluding carboxylic acids is 1. The van der Waals surface area contributed by atoms with Crippen LogP contribution in [0.1, 0.15) is 23.2 Å². The van der Waals surface area contributed by atoms with Crippen molar-refractivity contribution in [2.24, 2.45) is 5.92 Å². The first-order valence-corrected chi connectivity index (χ1v) is 8.00. The molecule has 2 rings (SSSR count). The normalized spacial score (nSPS) is 20.4.